The van der Waals surface area contributed by atoms with Crippen LogP contribution in [0.4, 0.5) is 4.79 Å². The van der Waals surface area contributed by atoms with Crippen LogP contribution in [0.15, 0.2) is 0 Å². The van der Waals surface area contributed by atoms with Crippen molar-refractivity contribution in [1.29, 1.82) is 0 Å². The van der Waals surface area contributed by atoms with Gasteiger partial charge in [0.05, 0.1) is 0 Å². The van der Waals surface area contributed by atoms with Crippen molar-refractivity contribution in [3.05, 3.63) is 0 Å². The van der Waals surface area contributed by atoms with E-state index in [0.717, 1.165) is 32.1 Å². The minimum atomic E-state index is -1.06. The number of hydrogen-bond donors (Lipinski definition) is 4. The highest BCUT2D eigenvalue weighted by Gasteiger charge is 2.40. The van der Waals surface area contributed by atoms with E-state index < -0.39 is 6.09 Å². The van der Waals surface area contributed by atoms with Crippen LogP contribution < -0.4 is 16.2 Å². The summed E-state index contributed by atoms with van der Waals surface area (Å²) in [6.45, 7) is 0. The molecule has 0 bridgehead atoms. The molecule has 6 heteroatoms. The van der Waals surface area contributed by atoms with Crippen LogP contribution in [-0.2, 0) is 4.79 Å². The number of carboxylic acid groups (broad SMARTS) is 1. The number of hydrogen-bond acceptors (Lipinski definition) is 3. The number of nitrogens with one attached hydrogen (secondary N) is 3. The number of hydrazine groups is 1. The highest BCUT2D eigenvalue weighted by molar-refractivity contribution is 5.79. The van der Waals surface area contributed by atoms with E-state index in [4.69, 9.17) is 5.11 Å². The maximum absolute atomic E-state index is 11.2. The molecular formula is C10H17N3O3. The number of rotatable bonds is 2. The average Bonchev–Trinajstić information content (AvgIpc) is 2.59. The van der Waals surface area contributed by atoms with Crippen molar-refractivity contribution >= 4 is 12.0 Å². The highest BCUT2D eigenvalue weighted by atomic mass is 16.4. The molecule has 1 saturated heterocycles. The third-order valence-electron chi connectivity index (χ3n) is 3.56. The first kappa shape index (κ1) is 11.2. The monoisotopic (exact) mass is 227 g/mol. The van der Waals surface area contributed by atoms with Crippen molar-refractivity contribution in [1.82, 2.24) is 16.2 Å². The molecule has 2 aliphatic rings. The molecule has 1 heterocycles. The molecule has 16 heavy (non-hydrogen) atoms. The van der Waals surface area contributed by atoms with E-state index in [1.54, 1.807) is 0 Å². The van der Waals surface area contributed by atoms with Gasteiger partial charge in [0, 0.05) is 18.0 Å². The zero-order chi connectivity index (χ0) is 11.6. The summed E-state index contributed by atoms with van der Waals surface area (Å²) in [6, 6.07) is 0.180. The van der Waals surface area contributed by atoms with Gasteiger partial charge in [0.25, 0.3) is 0 Å². The zero-order valence-corrected chi connectivity index (χ0v) is 9.08. The standard InChI is InChI=1S/C10H17N3O3/c14-8-3-6-10(11-8)4-1-7(2-5-10)12-13-9(15)16/h7,12-13H,1-6H2,(H,11,14)(H,15,16). The summed E-state index contributed by atoms with van der Waals surface area (Å²) in [6.07, 6.45) is 4.13. The van der Waals surface area contributed by atoms with Crippen LogP contribution in [0.3, 0.4) is 0 Å². The lowest BCUT2D eigenvalue weighted by Crippen LogP contribution is -2.51. The van der Waals surface area contributed by atoms with Crippen molar-refractivity contribution < 1.29 is 14.7 Å². The second-order valence-electron chi connectivity index (χ2n) is 4.68. The smallest absolute Gasteiger partial charge is 0.419 e. The maximum Gasteiger partial charge on any atom is 0.419 e. The van der Waals surface area contributed by atoms with Gasteiger partial charge in [-0.25, -0.2) is 10.2 Å². The van der Waals surface area contributed by atoms with Gasteiger partial charge >= 0.3 is 6.09 Å². The Balaban J connectivity index is 1.78. The van der Waals surface area contributed by atoms with Crippen LogP contribution in [0.1, 0.15) is 38.5 Å². The van der Waals surface area contributed by atoms with Gasteiger partial charge in [-0.05, 0) is 32.1 Å². The van der Waals surface area contributed by atoms with E-state index in [0.29, 0.717) is 6.42 Å². The molecule has 1 aliphatic carbocycles. The minimum Gasteiger partial charge on any atom is -0.464 e. The van der Waals surface area contributed by atoms with Crippen molar-refractivity contribution in [3.63, 3.8) is 0 Å². The molecule has 1 spiro atoms. The van der Waals surface area contributed by atoms with Crippen LogP contribution in [0.25, 0.3) is 0 Å². The Morgan fingerprint density at radius 1 is 1.38 bits per heavy atom. The number of amides is 2. The molecule has 90 valence electrons. The van der Waals surface area contributed by atoms with Gasteiger partial charge in [-0.15, -0.1) is 0 Å². The second kappa shape index (κ2) is 4.29. The van der Waals surface area contributed by atoms with Crippen LogP contribution in [0.5, 0.6) is 0 Å². The lowest BCUT2D eigenvalue weighted by atomic mass is 9.79. The van der Waals surface area contributed by atoms with Crippen molar-refractivity contribution in [2.45, 2.75) is 50.1 Å². The van der Waals surface area contributed by atoms with Crippen LogP contribution in [0, 0.1) is 0 Å². The molecule has 0 atom stereocenters. The third-order valence-corrected chi connectivity index (χ3v) is 3.56. The van der Waals surface area contributed by atoms with Crippen molar-refractivity contribution in [2.24, 2.45) is 0 Å². The molecule has 0 aromatic heterocycles. The number of carbonyl (C=O) groups excluding carboxylic acids is 1. The fourth-order valence-electron chi connectivity index (χ4n) is 2.63. The van der Waals surface area contributed by atoms with Crippen LogP contribution in [0.2, 0.25) is 0 Å². The molecular weight excluding hydrogens is 210 g/mol. The third kappa shape index (κ3) is 2.44. The topological polar surface area (TPSA) is 90.5 Å². The van der Waals surface area contributed by atoms with E-state index in [-0.39, 0.29) is 17.5 Å². The minimum absolute atomic E-state index is 0.00150. The van der Waals surface area contributed by atoms with E-state index in [1.165, 1.54) is 0 Å². The largest absolute Gasteiger partial charge is 0.464 e. The Kier molecular flexibility index (Phi) is 3.00. The molecule has 0 unspecified atom stereocenters. The number of carbonyl (C=O) groups is 2. The SMILES string of the molecule is O=C(O)NNC1CCC2(CCC(=O)N2)CC1. The Morgan fingerprint density at radius 2 is 2.06 bits per heavy atom. The normalized spacial score (nSPS) is 33.8. The van der Waals surface area contributed by atoms with Crippen molar-refractivity contribution in [2.75, 3.05) is 0 Å². The van der Waals surface area contributed by atoms with Gasteiger partial charge in [-0.1, -0.05) is 0 Å². The Bertz CT molecular complexity index is 298. The predicted octanol–water partition coefficient (Wildman–Crippen LogP) is 0.350. The first-order valence-electron chi connectivity index (χ1n) is 5.65. The summed E-state index contributed by atoms with van der Waals surface area (Å²) in [5, 5.41) is 11.5. The van der Waals surface area contributed by atoms with Gasteiger partial charge in [-0.3, -0.25) is 10.2 Å². The van der Waals surface area contributed by atoms with E-state index in [2.05, 4.69) is 16.2 Å². The summed E-state index contributed by atoms with van der Waals surface area (Å²) >= 11 is 0. The quantitative estimate of drug-likeness (QED) is 0.512. The fraction of sp³-hybridized carbons (Fsp3) is 0.800. The Labute approximate surface area is 93.7 Å². The van der Waals surface area contributed by atoms with Gasteiger partial charge in [0.1, 0.15) is 0 Å². The Hall–Kier alpha value is -1.30. The first-order valence-corrected chi connectivity index (χ1v) is 5.65. The summed E-state index contributed by atoms with van der Waals surface area (Å²) < 4.78 is 0. The zero-order valence-electron chi connectivity index (χ0n) is 9.08. The molecule has 1 aliphatic heterocycles. The first-order chi connectivity index (χ1) is 7.60. The summed E-state index contributed by atoms with van der Waals surface area (Å²) in [7, 11) is 0. The average molecular weight is 227 g/mol. The highest BCUT2D eigenvalue weighted by Crippen LogP contribution is 2.35. The van der Waals surface area contributed by atoms with Crippen LogP contribution in [-0.4, -0.2) is 28.7 Å². The Morgan fingerprint density at radius 3 is 2.56 bits per heavy atom. The molecule has 0 aromatic carbocycles. The second-order valence-corrected chi connectivity index (χ2v) is 4.68. The summed E-state index contributed by atoms with van der Waals surface area (Å²) in [4.78, 5) is 21.5. The molecule has 4 N–H and O–H groups in total. The van der Waals surface area contributed by atoms with Crippen LogP contribution >= 0.6 is 0 Å². The van der Waals surface area contributed by atoms with Gasteiger partial charge < -0.3 is 10.4 Å². The van der Waals surface area contributed by atoms with Crippen molar-refractivity contribution in [3.8, 4) is 0 Å². The van der Waals surface area contributed by atoms with Gasteiger partial charge in [0.2, 0.25) is 5.91 Å². The predicted molar refractivity (Wildman–Crippen MR) is 56.7 cm³/mol. The summed E-state index contributed by atoms with van der Waals surface area (Å²) in [5.41, 5.74) is 4.96. The molecule has 0 radical (unpaired) electrons. The van der Waals surface area contributed by atoms with Gasteiger partial charge in [-0.2, -0.15) is 0 Å². The fourth-order valence-corrected chi connectivity index (χ4v) is 2.63. The maximum atomic E-state index is 11.2. The van der Waals surface area contributed by atoms with E-state index in [1.807, 2.05) is 0 Å². The molecule has 0 aromatic rings. The molecule has 2 fully saturated rings. The van der Waals surface area contributed by atoms with E-state index in [9.17, 15) is 9.59 Å². The van der Waals surface area contributed by atoms with Gasteiger partial charge in [0.15, 0.2) is 0 Å². The molecule has 6 nitrogen and oxygen atoms in total. The van der Waals surface area contributed by atoms with E-state index >= 15 is 0 Å². The molecule has 2 rings (SSSR count). The molecule has 2 amide bonds. The summed E-state index contributed by atoms with van der Waals surface area (Å²) in [5.74, 6) is 0.148. The molecule has 1 saturated carbocycles. The lowest BCUT2D eigenvalue weighted by molar-refractivity contribution is -0.120. The lowest BCUT2D eigenvalue weighted by Gasteiger charge is -2.37.